The average Bonchev–Trinajstić information content (AvgIpc) is 1.88. The number of alkyl halides is 2. The zero-order valence-corrected chi connectivity index (χ0v) is 4.89. The number of halogens is 3. The zero-order valence-electron chi connectivity index (χ0n) is 4.89. The van der Waals surface area contributed by atoms with Crippen molar-refractivity contribution in [2.45, 2.75) is 6.43 Å². The fourth-order valence-electron chi connectivity index (χ4n) is 0.516. The Labute approximate surface area is 55.5 Å². The van der Waals surface area contributed by atoms with E-state index in [-0.39, 0.29) is 0 Å². The van der Waals surface area contributed by atoms with Gasteiger partial charge >= 0.3 is 0 Å². The van der Waals surface area contributed by atoms with Gasteiger partial charge in [0.05, 0.1) is 6.20 Å². The van der Waals surface area contributed by atoms with Gasteiger partial charge in [0, 0.05) is 0 Å². The van der Waals surface area contributed by atoms with Gasteiger partial charge in [-0.25, -0.2) is 13.2 Å². The van der Waals surface area contributed by atoms with Crippen molar-refractivity contribution in [3.05, 3.63) is 29.8 Å². The zero-order chi connectivity index (χ0) is 7.56. The molecule has 0 spiro atoms. The Hall–Kier alpha value is -1.06. The second-order valence-corrected chi connectivity index (χ2v) is 1.70. The Morgan fingerprint density at radius 1 is 1.30 bits per heavy atom. The van der Waals surface area contributed by atoms with E-state index in [1.807, 2.05) is 0 Å². The highest BCUT2D eigenvalue weighted by atomic mass is 19.3. The van der Waals surface area contributed by atoms with Crippen LogP contribution in [0.5, 0.6) is 0 Å². The highest BCUT2D eigenvalue weighted by molar-refractivity contribution is 5.05. The highest BCUT2D eigenvalue weighted by Gasteiger charge is 2.06. The van der Waals surface area contributed by atoms with Crippen LogP contribution < -0.4 is 0 Å². The summed E-state index contributed by atoms with van der Waals surface area (Å²) in [5.41, 5.74) is -0.401. The number of hydrogen-bond acceptors (Lipinski definition) is 1. The van der Waals surface area contributed by atoms with Crippen LogP contribution in [0, 0.1) is 5.82 Å². The minimum Gasteiger partial charge on any atom is -0.252 e. The molecule has 0 fully saturated rings. The third-order valence-electron chi connectivity index (χ3n) is 0.974. The summed E-state index contributed by atoms with van der Waals surface area (Å²) < 4.78 is 35.5. The maximum atomic E-state index is 12.0. The molecule has 1 aromatic heterocycles. The molecule has 1 heterocycles. The van der Waals surface area contributed by atoms with Crippen molar-refractivity contribution in [2.75, 3.05) is 0 Å². The number of aromatic nitrogens is 1. The fourth-order valence-corrected chi connectivity index (χ4v) is 0.516. The molecule has 0 aromatic carbocycles. The third-order valence-corrected chi connectivity index (χ3v) is 0.974. The summed E-state index contributed by atoms with van der Waals surface area (Å²) in [6.07, 6.45) is -1.86. The second-order valence-electron chi connectivity index (χ2n) is 1.70. The van der Waals surface area contributed by atoms with E-state index in [4.69, 9.17) is 0 Å². The number of hydrogen-bond donors (Lipinski definition) is 0. The van der Waals surface area contributed by atoms with Crippen molar-refractivity contribution in [1.29, 1.82) is 0 Å². The van der Waals surface area contributed by atoms with Crippen LogP contribution in [0.1, 0.15) is 12.1 Å². The Morgan fingerprint density at radius 3 is 2.40 bits per heavy atom. The maximum Gasteiger partial charge on any atom is 0.280 e. The van der Waals surface area contributed by atoms with Crippen molar-refractivity contribution >= 4 is 0 Å². The molecule has 0 radical (unpaired) electrons. The molecular weight excluding hydrogens is 143 g/mol. The molecule has 54 valence electrons. The van der Waals surface area contributed by atoms with E-state index in [1.54, 1.807) is 0 Å². The topological polar surface area (TPSA) is 12.9 Å². The summed E-state index contributed by atoms with van der Waals surface area (Å²) in [5.74, 6) is -0.607. The molecule has 0 aliphatic carbocycles. The van der Waals surface area contributed by atoms with Gasteiger partial charge in [-0.3, -0.25) is 4.98 Å². The summed E-state index contributed by atoms with van der Waals surface area (Å²) in [6.45, 7) is 0. The van der Waals surface area contributed by atoms with Crippen LogP contribution in [0.15, 0.2) is 18.3 Å². The Balaban J connectivity index is 2.89. The first-order valence-electron chi connectivity index (χ1n) is 2.60. The first-order valence-corrected chi connectivity index (χ1v) is 2.60. The molecule has 1 rings (SSSR count). The van der Waals surface area contributed by atoms with E-state index in [0.29, 0.717) is 0 Å². The molecule has 0 aliphatic rings. The van der Waals surface area contributed by atoms with Gasteiger partial charge < -0.3 is 0 Å². The van der Waals surface area contributed by atoms with E-state index >= 15 is 0 Å². The normalized spacial score (nSPS) is 10.4. The van der Waals surface area contributed by atoms with Gasteiger partial charge in [0.1, 0.15) is 11.5 Å². The monoisotopic (exact) mass is 147 g/mol. The van der Waals surface area contributed by atoms with Gasteiger partial charge in [0.2, 0.25) is 0 Å². The molecular formula is C6H4F3N. The lowest BCUT2D eigenvalue weighted by molar-refractivity contribution is 0.146. The first-order chi connectivity index (χ1) is 4.70. The van der Waals surface area contributed by atoms with E-state index < -0.39 is 17.9 Å². The van der Waals surface area contributed by atoms with Crippen LogP contribution in [-0.2, 0) is 0 Å². The third kappa shape index (κ3) is 1.46. The van der Waals surface area contributed by atoms with Crippen molar-refractivity contribution in [3.8, 4) is 0 Å². The van der Waals surface area contributed by atoms with Gasteiger partial charge in [0.15, 0.2) is 0 Å². The minimum atomic E-state index is -2.62. The Bertz CT molecular complexity index is 207. The van der Waals surface area contributed by atoms with E-state index in [0.717, 1.165) is 18.3 Å². The molecule has 10 heavy (non-hydrogen) atoms. The lowest BCUT2D eigenvalue weighted by Crippen LogP contribution is -1.88. The number of rotatable bonds is 1. The van der Waals surface area contributed by atoms with Crippen LogP contribution in [0.2, 0.25) is 0 Å². The standard InChI is InChI=1S/C6H4F3N/c7-4-1-2-5(6(8)9)10-3-4/h1-3,6H. The van der Waals surface area contributed by atoms with Crippen molar-refractivity contribution < 1.29 is 13.2 Å². The van der Waals surface area contributed by atoms with Gasteiger partial charge in [-0.1, -0.05) is 0 Å². The average molecular weight is 147 g/mol. The molecule has 0 saturated heterocycles. The molecule has 0 N–H and O–H groups in total. The second kappa shape index (κ2) is 2.68. The van der Waals surface area contributed by atoms with Gasteiger partial charge in [-0.15, -0.1) is 0 Å². The van der Waals surface area contributed by atoms with Crippen molar-refractivity contribution in [3.63, 3.8) is 0 Å². The highest BCUT2D eigenvalue weighted by Crippen LogP contribution is 2.14. The summed E-state index contributed by atoms with van der Waals surface area (Å²) in [7, 11) is 0. The predicted molar refractivity (Wildman–Crippen MR) is 29.2 cm³/mol. The lowest BCUT2D eigenvalue weighted by Gasteiger charge is -1.95. The van der Waals surface area contributed by atoms with Crippen LogP contribution in [0.4, 0.5) is 13.2 Å². The summed E-state index contributed by atoms with van der Waals surface area (Å²) >= 11 is 0. The van der Waals surface area contributed by atoms with Gasteiger partial charge in [0.25, 0.3) is 6.43 Å². The van der Waals surface area contributed by atoms with Crippen LogP contribution in [-0.4, -0.2) is 4.98 Å². The quantitative estimate of drug-likeness (QED) is 0.593. The molecule has 1 aromatic rings. The molecule has 0 saturated carbocycles. The smallest absolute Gasteiger partial charge is 0.252 e. The van der Waals surface area contributed by atoms with Crippen molar-refractivity contribution in [1.82, 2.24) is 4.98 Å². The molecule has 0 bridgehead atoms. The lowest BCUT2D eigenvalue weighted by atomic mass is 10.4. The maximum absolute atomic E-state index is 12.0. The van der Waals surface area contributed by atoms with E-state index in [9.17, 15) is 13.2 Å². The molecule has 0 amide bonds. The first kappa shape index (κ1) is 7.05. The summed E-state index contributed by atoms with van der Waals surface area (Å²) in [6, 6.07) is 1.91. The van der Waals surface area contributed by atoms with Crippen LogP contribution >= 0.6 is 0 Å². The van der Waals surface area contributed by atoms with E-state index in [2.05, 4.69) is 4.98 Å². The van der Waals surface area contributed by atoms with Crippen LogP contribution in [0.3, 0.4) is 0 Å². The minimum absolute atomic E-state index is 0.401. The molecule has 1 nitrogen and oxygen atoms in total. The van der Waals surface area contributed by atoms with Gasteiger partial charge in [-0.05, 0) is 12.1 Å². The SMILES string of the molecule is Fc1ccc(C(F)F)nc1. The fraction of sp³-hybridized carbons (Fsp3) is 0.167. The number of pyridine rings is 1. The number of nitrogens with zero attached hydrogens (tertiary/aromatic N) is 1. The van der Waals surface area contributed by atoms with Gasteiger partial charge in [-0.2, -0.15) is 0 Å². The molecule has 4 heteroatoms. The largest absolute Gasteiger partial charge is 0.280 e. The Morgan fingerprint density at radius 2 is 2.00 bits per heavy atom. The summed E-state index contributed by atoms with van der Waals surface area (Å²) in [4.78, 5) is 3.15. The van der Waals surface area contributed by atoms with E-state index in [1.165, 1.54) is 0 Å². The van der Waals surface area contributed by atoms with Crippen LogP contribution in [0.25, 0.3) is 0 Å². The molecule has 0 aliphatic heterocycles. The predicted octanol–water partition coefficient (Wildman–Crippen LogP) is 2.16. The van der Waals surface area contributed by atoms with Crippen molar-refractivity contribution in [2.24, 2.45) is 0 Å². The molecule has 0 unspecified atom stereocenters. The summed E-state index contributed by atoms with van der Waals surface area (Å²) in [5, 5.41) is 0. The Kier molecular flexibility index (Phi) is 1.89. The molecule has 0 atom stereocenters.